The molecule has 0 radical (unpaired) electrons. The molecular weight excluding hydrogens is 372 g/mol. The van der Waals surface area contributed by atoms with Crippen LogP contribution in [-0.2, 0) is 0 Å². The fourth-order valence-electron chi connectivity index (χ4n) is 4.22. The minimum atomic E-state index is 0.181. The highest BCUT2D eigenvalue weighted by molar-refractivity contribution is 6.53. The molecule has 3 aliphatic rings. The Morgan fingerprint density at radius 3 is 2.00 bits per heavy atom. The molecule has 0 saturated heterocycles. The number of methoxy groups -OCH3 is 2. The molecule has 2 unspecified atom stereocenters. The first kappa shape index (κ1) is 18.4. The molecule has 30 heavy (non-hydrogen) atoms. The summed E-state index contributed by atoms with van der Waals surface area (Å²) in [7, 11) is 3.34. The Balaban J connectivity index is 1.63. The van der Waals surface area contributed by atoms with Gasteiger partial charge in [0.1, 0.15) is 11.5 Å². The van der Waals surface area contributed by atoms with E-state index in [1.807, 2.05) is 48.5 Å². The lowest BCUT2D eigenvalue weighted by atomic mass is 9.80. The lowest BCUT2D eigenvalue weighted by molar-refractivity contribution is 0.414. The normalized spacial score (nSPS) is 23.9. The van der Waals surface area contributed by atoms with E-state index in [0.29, 0.717) is 0 Å². The van der Waals surface area contributed by atoms with Crippen LogP contribution in [0.15, 0.2) is 106 Å². The van der Waals surface area contributed by atoms with E-state index in [-0.39, 0.29) is 11.8 Å². The minimum absolute atomic E-state index is 0.181. The number of aliphatic imine (C=N–C) groups is 2. The molecule has 1 saturated carbocycles. The van der Waals surface area contributed by atoms with Crippen LogP contribution < -0.4 is 9.47 Å². The molecule has 0 aliphatic heterocycles. The standard InChI is InChI=1S/C26H22N2O2/c1-29-20-13-9-18(10-14-20)27-25-22-7-3-5-17-6-4-8-23(24(17)22)26(25)28-19-11-15-21(30-2)16-12-19/h3-16,22,24H,1-2H3. The Morgan fingerprint density at radius 2 is 1.37 bits per heavy atom. The predicted molar refractivity (Wildman–Crippen MR) is 122 cm³/mol. The Morgan fingerprint density at radius 1 is 0.733 bits per heavy atom. The fourth-order valence-corrected chi connectivity index (χ4v) is 4.22. The number of allylic oxidation sites excluding steroid dienone is 8. The molecule has 2 aromatic carbocycles. The first-order valence-corrected chi connectivity index (χ1v) is 9.99. The van der Waals surface area contributed by atoms with Crippen LogP contribution in [0, 0.1) is 11.8 Å². The van der Waals surface area contributed by atoms with Crippen molar-refractivity contribution in [3.63, 3.8) is 0 Å². The Bertz CT molecular complexity index is 1150. The van der Waals surface area contributed by atoms with Gasteiger partial charge in [-0.2, -0.15) is 0 Å². The average molecular weight is 394 g/mol. The van der Waals surface area contributed by atoms with E-state index >= 15 is 0 Å². The van der Waals surface area contributed by atoms with Crippen LogP contribution >= 0.6 is 0 Å². The van der Waals surface area contributed by atoms with Crippen LogP contribution in [0.1, 0.15) is 0 Å². The summed E-state index contributed by atoms with van der Waals surface area (Å²) < 4.78 is 10.6. The summed E-state index contributed by atoms with van der Waals surface area (Å²) >= 11 is 0. The molecule has 148 valence electrons. The van der Waals surface area contributed by atoms with Crippen molar-refractivity contribution < 1.29 is 9.47 Å². The van der Waals surface area contributed by atoms with Crippen LogP contribution in [0.5, 0.6) is 11.5 Å². The number of hydrogen-bond acceptors (Lipinski definition) is 4. The predicted octanol–water partition coefficient (Wildman–Crippen LogP) is 5.79. The lowest BCUT2D eigenvalue weighted by Crippen LogP contribution is -2.18. The fraction of sp³-hybridized carbons (Fsp3) is 0.154. The van der Waals surface area contributed by atoms with Gasteiger partial charge in [-0.3, -0.25) is 4.99 Å². The van der Waals surface area contributed by atoms with Gasteiger partial charge < -0.3 is 9.47 Å². The highest BCUT2D eigenvalue weighted by Gasteiger charge is 2.43. The number of hydrogen-bond donors (Lipinski definition) is 0. The van der Waals surface area contributed by atoms with Crippen LogP contribution in [-0.4, -0.2) is 25.6 Å². The van der Waals surface area contributed by atoms with Crippen molar-refractivity contribution in [2.75, 3.05) is 14.2 Å². The number of ether oxygens (including phenoxy) is 2. The van der Waals surface area contributed by atoms with E-state index < -0.39 is 0 Å². The number of rotatable bonds is 4. The first-order chi connectivity index (χ1) is 14.8. The van der Waals surface area contributed by atoms with Gasteiger partial charge in [-0.05, 0) is 59.7 Å². The number of benzene rings is 2. The molecule has 2 aromatic rings. The topological polar surface area (TPSA) is 43.2 Å². The molecule has 3 aliphatic carbocycles. The van der Waals surface area contributed by atoms with Crippen molar-refractivity contribution in [3.8, 4) is 11.5 Å². The second kappa shape index (κ2) is 7.64. The molecule has 2 atom stereocenters. The van der Waals surface area contributed by atoms with E-state index in [4.69, 9.17) is 19.5 Å². The van der Waals surface area contributed by atoms with Gasteiger partial charge in [-0.25, -0.2) is 4.99 Å². The second-order valence-electron chi connectivity index (χ2n) is 7.39. The van der Waals surface area contributed by atoms with Gasteiger partial charge >= 0.3 is 0 Å². The van der Waals surface area contributed by atoms with Crippen LogP contribution in [0.2, 0.25) is 0 Å². The molecule has 0 spiro atoms. The Kier molecular flexibility index (Phi) is 4.68. The average Bonchev–Trinajstić information content (AvgIpc) is 3.09. The molecule has 4 heteroatoms. The summed E-state index contributed by atoms with van der Waals surface area (Å²) in [6.07, 6.45) is 13.0. The van der Waals surface area contributed by atoms with E-state index in [2.05, 4.69) is 36.5 Å². The molecule has 0 heterocycles. The van der Waals surface area contributed by atoms with Crippen molar-refractivity contribution in [2.45, 2.75) is 0 Å². The van der Waals surface area contributed by atoms with Gasteiger partial charge in [0.15, 0.2) is 0 Å². The van der Waals surface area contributed by atoms with Gasteiger partial charge in [0, 0.05) is 11.8 Å². The van der Waals surface area contributed by atoms with Gasteiger partial charge in [0.2, 0.25) is 0 Å². The zero-order chi connectivity index (χ0) is 20.5. The van der Waals surface area contributed by atoms with E-state index in [9.17, 15) is 0 Å². The molecular formula is C26H22N2O2. The van der Waals surface area contributed by atoms with Crippen molar-refractivity contribution in [3.05, 3.63) is 96.1 Å². The summed E-state index contributed by atoms with van der Waals surface area (Å²) in [5, 5.41) is 0. The van der Waals surface area contributed by atoms with E-state index in [1.165, 1.54) is 11.1 Å². The second-order valence-corrected chi connectivity index (χ2v) is 7.39. The Hall–Kier alpha value is -3.66. The van der Waals surface area contributed by atoms with Crippen LogP contribution in [0.4, 0.5) is 11.4 Å². The van der Waals surface area contributed by atoms with Gasteiger partial charge in [-0.15, -0.1) is 0 Å². The van der Waals surface area contributed by atoms with Crippen molar-refractivity contribution in [2.24, 2.45) is 21.8 Å². The number of nitrogens with zero attached hydrogens (tertiary/aromatic N) is 2. The maximum atomic E-state index is 5.28. The molecule has 0 aromatic heterocycles. The SMILES string of the molecule is COc1ccc(N=C2C3=CC=CC4=CC=CC(C2=Nc2ccc(OC)cc2)C43)cc1. The summed E-state index contributed by atoms with van der Waals surface area (Å²) in [6.45, 7) is 0. The monoisotopic (exact) mass is 394 g/mol. The molecule has 5 rings (SSSR count). The molecule has 1 fully saturated rings. The van der Waals surface area contributed by atoms with Crippen molar-refractivity contribution >= 4 is 22.8 Å². The third-order valence-electron chi connectivity index (χ3n) is 5.69. The summed E-state index contributed by atoms with van der Waals surface area (Å²) in [5.74, 6) is 2.09. The zero-order valence-corrected chi connectivity index (χ0v) is 16.9. The highest BCUT2D eigenvalue weighted by atomic mass is 16.5. The van der Waals surface area contributed by atoms with Crippen molar-refractivity contribution in [1.29, 1.82) is 0 Å². The Labute approximate surface area is 176 Å². The third-order valence-corrected chi connectivity index (χ3v) is 5.69. The smallest absolute Gasteiger partial charge is 0.119 e. The first-order valence-electron chi connectivity index (χ1n) is 9.99. The minimum Gasteiger partial charge on any atom is -0.497 e. The van der Waals surface area contributed by atoms with Crippen LogP contribution in [0.3, 0.4) is 0 Å². The van der Waals surface area contributed by atoms with Gasteiger partial charge in [-0.1, -0.05) is 36.5 Å². The van der Waals surface area contributed by atoms with Crippen molar-refractivity contribution in [1.82, 2.24) is 0 Å². The summed E-state index contributed by atoms with van der Waals surface area (Å²) in [5.41, 5.74) is 6.26. The van der Waals surface area contributed by atoms with Gasteiger partial charge in [0.05, 0.1) is 37.0 Å². The summed E-state index contributed by atoms with van der Waals surface area (Å²) in [4.78, 5) is 10.1. The van der Waals surface area contributed by atoms with Crippen LogP contribution in [0.25, 0.3) is 0 Å². The third kappa shape index (κ3) is 3.20. The molecule has 0 bridgehead atoms. The highest BCUT2D eigenvalue weighted by Crippen LogP contribution is 2.45. The van der Waals surface area contributed by atoms with Gasteiger partial charge in [0.25, 0.3) is 0 Å². The maximum Gasteiger partial charge on any atom is 0.119 e. The molecule has 0 N–H and O–H groups in total. The molecule has 0 amide bonds. The maximum absolute atomic E-state index is 5.28. The zero-order valence-electron chi connectivity index (χ0n) is 16.9. The lowest BCUT2D eigenvalue weighted by Gasteiger charge is -2.23. The quantitative estimate of drug-likeness (QED) is 0.659. The summed E-state index contributed by atoms with van der Waals surface area (Å²) in [6, 6.07) is 15.7. The molecule has 4 nitrogen and oxygen atoms in total. The van der Waals surface area contributed by atoms with E-state index in [0.717, 1.165) is 34.3 Å². The van der Waals surface area contributed by atoms with E-state index in [1.54, 1.807) is 14.2 Å². The largest absolute Gasteiger partial charge is 0.497 e.